The second-order valence-corrected chi connectivity index (χ2v) is 5.59. The first-order valence-corrected chi connectivity index (χ1v) is 7.48. The van der Waals surface area contributed by atoms with Gasteiger partial charge in [-0.25, -0.2) is 0 Å². The van der Waals surface area contributed by atoms with Crippen LogP contribution in [0.1, 0.15) is 25.7 Å². The molecule has 2 N–H and O–H groups in total. The number of carbonyl (C=O) groups is 1. The van der Waals surface area contributed by atoms with Crippen molar-refractivity contribution in [1.29, 1.82) is 0 Å². The number of amides is 1. The van der Waals surface area contributed by atoms with Crippen molar-refractivity contribution in [3.63, 3.8) is 0 Å². The van der Waals surface area contributed by atoms with Crippen molar-refractivity contribution in [3.05, 3.63) is 29.3 Å². The third-order valence-electron chi connectivity index (χ3n) is 3.70. The highest BCUT2D eigenvalue weighted by molar-refractivity contribution is 6.33. The van der Waals surface area contributed by atoms with Gasteiger partial charge in [-0.05, 0) is 31.5 Å². The number of halogens is 1. The van der Waals surface area contributed by atoms with E-state index in [4.69, 9.17) is 11.6 Å². The first-order valence-electron chi connectivity index (χ1n) is 7.10. The average Bonchev–Trinajstić information content (AvgIpc) is 2.66. The standard InChI is InChI=1S/C15H21ClN2O2/c16-13-7-3-4-8-14(13)17-15(20)10-18-9-5-1-2-6-12(18)11-19/h3-4,7-8,12,19H,1-2,5-6,9-11H2,(H,17,20). The quantitative estimate of drug-likeness (QED) is 0.898. The summed E-state index contributed by atoms with van der Waals surface area (Å²) < 4.78 is 0. The van der Waals surface area contributed by atoms with Gasteiger partial charge in [-0.2, -0.15) is 0 Å². The molecule has 110 valence electrons. The average molecular weight is 297 g/mol. The number of aliphatic hydroxyl groups is 1. The van der Waals surface area contributed by atoms with Crippen molar-refractivity contribution in [1.82, 2.24) is 4.90 Å². The molecule has 4 nitrogen and oxygen atoms in total. The summed E-state index contributed by atoms with van der Waals surface area (Å²) in [6.45, 7) is 1.27. The van der Waals surface area contributed by atoms with E-state index in [0.717, 1.165) is 25.8 Å². The zero-order chi connectivity index (χ0) is 14.4. The van der Waals surface area contributed by atoms with Gasteiger partial charge in [-0.1, -0.05) is 36.6 Å². The summed E-state index contributed by atoms with van der Waals surface area (Å²) in [6.07, 6.45) is 4.32. The Morgan fingerprint density at radius 1 is 1.35 bits per heavy atom. The SMILES string of the molecule is O=C(CN1CCCCCC1CO)Nc1ccccc1Cl. The number of likely N-dealkylation sites (tertiary alicyclic amines) is 1. The molecule has 1 aromatic carbocycles. The van der Waals surface area contributed by atoms with Gasteiger partial charge in [-0.3, -0.25) is 9.69 Å². The Morgan fingerprint density at radius 3 is 2.90 bits per heavy atom. The number of rotatable bonds is 4. The van der Waals surface area contributed by atoms with Crippen LogP contribution in [-0.4, -0.2) is 41.7 Å². The van der Waals surface area contributed by atoms with E-state index in [0.29, 0.717) is 17.3 Å². The number of hydrogen-bond acceptors (Lipinski definition) is 3. The zero-order valence-electron chi connectivity index (χ0n) is 11.5. The van der Waals surface area contributed by atoms with Crippen LogP contribution in [-0.2, 0) is 4.79 Å². The van der Waals surface area contributed by atoms with Crippen molar-refractivity contribution in [3.8, 4) is 0 Å². The molecule has 5 heteroatoms. The molecule has 0 spiro atoms. The van der Waals surface area contributed by atoms with Crippen LogP contribution in [0.2, 0.25) is 5.02 Å². The van der Waals surface area contributed by atoms with E-state index >= 15 is 0 Å². The predicted octanol–water partition coefficient (Wildman–Crippen LogP) is 2.52. The number of benzene rings is 1. The normalized spacial score (nSPS) is 20.4. The lowest BCUT2D eigenvalue weighted by atomic mass is 10.1. The fourth-order valence-corrected chi connectivity index (χ4v) is 2.77. The minimum atomic E-state index is -0.0848. The van der Waals surface area contributed by atoms with Gasteiger partial charge >= 0.3 is 0 Å². The molecule has 1 saturated heterocycles. The Bertz CT molecular complexity index is 453. The van der Waals surface area contributed by atoms with Gasteiger partial charge in [0.25, 0.3) is 0 Å². The smallest absolute Gasteiger partial charge is 0.238 e. The van der Waals surface area contributed by atoms with E-state index in [9.17, 15) is 9.90 Å². The van der Waals surface area contributed by atoms with Gasteiger partial charge in [0.05, 0.1) is 23.9 Å². The minimum absolute atomic E-state index is 0.0848. The van der Waals surface area contributed by atoms with E-state index < -0.39 is 0 Å². The molecule has 0 aromatic heterocycles. The fraction of sp³-hybridized carbons (Fsp3) is 0.533. The van der Waals surface area contributed by atoms with Crippen LogP contribution in [0.25, 0.3) is 0 Å². The van der Waals surface area contributed by atoms with E-state index in [-0.39, 0.29) is 18.6 Å². The number of para-hydroxylation sites is 1. The molecule has 2 rings (SSSR count). The summed E-state index contributed by atoms with van der Waals surface area (Å²) in [5, 5.41) is 12.8. The molecule has 1 aromatic rings. The summed E-state index contributed by atoms with van der Waals surface area (Å²) in [5.74, 6) is -0.0848. The summed E-state index contributed by atoms with van der Waals surface area (Å²) >= 11 is 6.02. The molecule has 1 unspecified atom stereocenters. The molecule has 1 heterocycles. The van der Waals surface area contributed by atoms with E-state index in [1.807, 2.05) is 12.1 Å². The van der Waals surface area contributed by atoms with Crippen molar-refractivity contribution in [2.75, 3.05) is 25.0 Å². The number of anilines is 1. The number of carbonyl (C=O) groups excluding carboxylic acids is 1. The molecule has 1 atom stereocenters. The van der Waals surface area contributed by atoms with Gasteiger partial charge in [0.2, 0.25) is 5.91 Å². The second-order valence-electron chi connectivity index (χ2n) is 5.18. The van der Waals surface area contributed by atoms with Crippen LogP contribution in [0.4, 0.5) is 5.69 Å². The summed E-state index contributed by atoms with van der Waals surface area (Å²) in [6, 6.07) is 7.29. The lowest BCUT2D eigenvalue weighted by Crippen LogP contribution is -2.42. The van der Waals surface area contributed by atoms with Crippen molar-refractivity contribution in [2.24, 2.45) is 0 Å². The Hall–Kier alpha value is -1.10. The van der Waals surface area contributed by atoms with E-state index in [1.54, 1.807) is 12.1 Å². The molecule has 0 saturated carbocycles. The van der Waals surface area contributed by atoms with Gasteiger partial charge in [-0.15, -0.1) is 0 Å². The number of nitrogens with one attached hydrogen (secondary N) is 1. The molecule has 20 heavy (non-hydrogen) atoms. The third-order valence-corrected chi connectivity index (χ3v) is 4.03. The first kappa shape index (κ1) is 15.3. The summed E-state index contributed by atoms with van der Waals surface area (Å²) in [5.41, 5.74) is 0.634. The zero-order valence-corrected chi connectivity index (χ0v) is 12.3. The lowest BCUT2D eigenvalue weighted by molar-refractivity contribution is -0.118. The van der Waals surface area contributed by atoms with Crippen LogP contribution in [0.15, 0.2) is 24.3 Å². The monoisotopic (exact) mass is 296 g/mol. The largest absolute Gasteiger partial charge is 0.395 e. The molecular formula is C15H21ClN2O2. The van der Waals surface area contributed by atoms with E-state index in [1.165, 1.54) is 6.42 Å². The molecular weight excluding hydrogens is 276 g/mol. The van der Waals surface area contributed by atoms with Crippen molar-refractivity contribution >= 4 is 23.2 Å². The summed E-state index contributed by atoms with van der Waals surface area (Å²) in [4.78, 5) is 14.2. The van der Waals surface area contributed by atoms with Crippen molar-refractivity contribution in [2.45, 2.75) is 31.7 Å². The molecule has 1 aliphatic rings. The Labute approximate surface area is 124 Å². The van der Waals surface area contributed by atoms with Crippen LogP contribution < -0.4 is 5.32 Å². The van der Waals surface area contributed by atoms with Gasteiger partial charge in [0.1, 0.15) is 0 Å². The maximum Gasteiger partial charge on any atom is 0.238 e. The van der Waals surface area contributed by atoms with Crippen LogP contribution >= 0.6 is 11.6 Å². The van der Waals surface area contributed by atoms with Crippen LogP contribution in [0.3, 0.4) is 0 Å². The molecule has 1 fully saturated rings. The first-order chi connectivity index (χ1) is 9.70. The van der Waals surface area contributed by atoms with Crippen LogP contribution in [0.5, 0.6) is 0 Å². The molecule has 1 aliphatic heterocycles. The lowest BCUT2D eigenvalue weighted by Gasteiger charge is -2.27. The number of aliphatic hydroxyl groups excluding tert-OH is 1. The third kappa shape index (κ3) is 4.20. The van der Waals surface area contributed by atoms with Gasteiger partial charge in [0, 0.05) is 6.04 Å². The van der Waals surface area contributed by atoms with Gasteiger partial charge in [0.15, 0.2) is 0 Å². The number of hydrogen-bond donors (Lipinski definition) is 2. The fourth-order valence-electron chi connectivity index (χ4n) is 2.59. The molecule has 0 radical (unpaired) electrons. The molecule has 0 aliphatic carbocycles. The Kier molecular flexibility index (Phi) is 5.83. The van der Waals surface area contributed by atoms with Crippen LogP contribution in [0, 0.1) is 0 Å². The highest BCUT2D eigenvalue weighted by atomic mass is 35.5. The Balaban J connectivity index is 1.94. The maximum absolute atomic E-state index is 12.1. The number of nitrogens with zero attached hydrogens (tertiary/aromatic N) is 1. The highest BCUT2D eigenvalue weighted by Gasteiger charge is 2.22. The van der Waals surface area contributed by atoms with Crippen molar-refractivity contribution < 1.29 is 9.90 Å². The summed E-state index contributed by atoms with van der Waals surface area (Å²) in [7, 11) is 0. The minimum Gasteiger partial charge on any atom is -0.395 e. The second kappa shape index (κ2) is 7.62. The maximum atomic E-state index is 12.1. The topological polar surface area (TPSA) is 52.6 Å². The predicted molar refractivity (Wildman–Crippen MR) is 81.0 cm³/mol. The van der Waals surface area contributed by atoms with Gasteiger partial charge < -0.3 is 10.4 Å². The molecule has 0 bridgehead atoms. The molecule has 1 amide bonds. The highest BCUT2D eigenvalue weighted by Crippen LogP contribution is 2.21. The Morgan fingerprint density at radius 2 is 2.15 bits per heavy atom. The van der Waals surface area contributed by atoms with E-state index in [2.05, 4.69) is 10.2 Å².